The van der Waals surface area contributed by atoms with Crippen molar-refractivity contribution in [2.24, 2.45) is 5.41 Å². The van der Waals surface area contributed by atoms with Crippen molar-refractivity contribution in [2.45, 2.75) is 20.5 Å². The second-order valence-electron chi connectivity index (χ2n) is 5.98. The maximum atomic E-state index is 12.8. The van der Waals surface area contributed by atoms with Gasteiger partial charge in [-0.1, -0.05) is 55.8 Å². The third-order valence-electron chi connectivity index (χ3n) is 3.12. The highest BCUT2D eigenvalue weighted by Gasteiger charge is 2.16. The van der Waals surface area contributed by atoms with Gasteiger partial charge in [-0.3, -0.25) is 0 Å². The zero-order chi connectivity index (χ0) is 16.7. The van der Waals surface area contributed by atoms with Gasteiger partial charge in [-0.2, -0.15) is 4.39 Å². The number of rotatable bonds is 7. The fraction of sp³-hybridized carbons (Fsp3) is 0.263. The van der Waals surface area contributed by atoms with Crippen LogP contribution in [0.25, 0.3) is 0 Å². The second kappa shape index (κ2) is 8.14. The zero-order valence-corrected chi connectivity index (χ0v) is 14.0. The highest BCUT2D eigenvalue weighted by atomic mass is 35.5. The fourth-order valence-electron chi connectivity index (χ4n) is 2.09. The first-order valence-corrected chi connectivity index (χ1v) is 7.76. The number of halogens is 2. The third-order valence-corrected chi connectivity index (χ3v) is 3.23. The molecule has 0 aliphatic carbocycles. The minimum Gasteiger partial charge on any atom is -0.457 e. The van der Waals surface area contributed by atoms with E-state index in [9.17, 15) is 4.39 Å². The van der Waals surface area contributed by atoms with E-state index in [0.29, 0.717) is 13.2 Å². The Kier molecular flexibility index (Phi) is 6.20. The molecule has 23 heavy (non-hydrogen) atoms. The van der Waals surface area contributed by atoms with E-state index in [1.165, 1.54) is 6.08 Å². The van der Waals surface area contributed by atoms with Gasteiger partial charge in [0.1, 0.15) is 11.5 Å². The molecule has 0 heterocycles. The molecule has 0 amide bonds. The van der Waals surface area contributed by atoms with Crippen molar-refractivity contribution in [1.82, 2.24) is 0 Å². The summed E-state index contributed by atoms with van der Waals surface area (Å²) in [5.74, 6) is 1.54. The summed E-state index contributed by atoms with van der Waals surface area (Å²) < 4.78 is 24.2. The lowest BCUT2D eigenvalue weighted by Crippen LogP contribution is -2.16. The van der Waals surface area contributed by atoms with Gasteiger partial charge in [0.25, 0.3) is 0 Å². The number of ether oxygens (including phenoxy) is 2. The molecule has 0 saturated carbocycles. The Morgan fingerprint density at radius 3 is 2.48 bits per heavy atom. The van der Waals surface area contributed by atoms with Crippen LogP contribution >= 0.6 is 11.6 Å². The minimum atomic E-state index is -0.711. The fourth-order valence-corrected chi connectivity index (χ4v) is 2.39. The van der Waals surface area contributed by atoms with Gasteiger partial charge < -0.3 is 9.47 Å². The van der Waals surface area contributed by atoms with Crippen molar-refractivity contribution in [1.29, 1.82) is 0 Å². The van der Waals surface area contributed by atoms with E-state index in [1.807, 2.05) is 68.4 Å². The molecule has 2 nitrogen and oxygen atoms in total. The Balaban J connectivity index is 1.92. The smallest absolute Gasteiger partial charge is 0.185 e. The average Bonchev–Trinajstić information content (AvgIpc) is 2.47. The van der Waals surface area contributed by atoms with Crippen LogP contribution in [0, 0.1) is 5.41 Å². The molecular weight excluding hydrogens is 315 g/mol. The van der Waals surface area contributed by atoms with Gasteiger partial charge in [0, 0.05) is 5.41 Å². The van der Waals surface area contributed by atoms with Crippen molar-refractivity contribution in [3.05, 3.63) is 71.5 Å². The molecule has 0 fully saturated rings. The molecule has 4 heteroatoms. The monoisotopic (exact) mass is 334 g/mol. The lowest BCUT2D eigenvalue weighted by Gasteiger charge is -2.19. The average molecular weight is 335 g/mol. The first-order chi connectivity index (χ1) is 10.9. The number of hydrogen-bond acceptors (Lipinski definition) is 2. The number of hydrogen-bond donors (Lipinski definition) is 0. The van der Waals surface area contributed by atoms with E-state index in [0.717, 1.165) is 17.1 Å². The van der Waals surface area contributed by atoms with Crippen molar-refractivity contribution in [3.8, 4) is 11.5 Å². The molecule has 2 rings (SSSR count). The molecule has 0 saturated heterocycles. The van der Waals surface area contributed by atoms with Crippen molar-refractivity contribution in [2.75, 3.05) is 6.61 Å². The lowest BCUT2D eigenvalue weighted by molar-refractivity contribution is 0.0711. The van der Waals surface area contributed by atoms with Crippen LogP contribution in [-0.4, -0.2) is 6.61 Å². The Morgan fingerprint density at radius 2 is 1.78 bits per heavy atom. The van der Waals surface area contributed by atoms with Gasteiger partial charge in [0.15, 0.2) is 5.29 Å². The molecule has 0 aromatic heterocycles. The summed E-state index contributed by atoms with van der Waals surface area (Å²) in [7, 11) is 0. The third kappa shape index (κ3) is 6.43. The Hall–Kier alpha value is -1.84. The van der Waals surface area contributed by atoms with E-state index < -0.39 is 10.7 Å². The Labute approximate surface area is 141 Å². The SMILES string of the molecule is CC(C)(/C=C(\F)Cl)COCc1cccc(Oc2ccccc2)c1. The highest BCUT2D eigenvalue weighted by molar-refractivity contribution is 6.28. The minimum absolute atomic E-state index is 0.372. The molecule has 0 radical (unpaired) electrons. The van der Waals surface area contributed by atoms with Crippen LogP contribution in [0.2, 0.25) is 0 Å². The van der Waals surface area contributed by atoms with Crippen molar-refractivity contribution >= 4 is 11.6 Å². The molecule has 0 aliphatic heterocycles. The standard InChI is InChI=1S/C19H20ClFO2/c1-19(2,12-18(20)21)14-22-13-15-7-6-10-17(11-15)23-16-8-4-3-5-9-16/h3-12H,13-14H2,1-2H3/b18-12-. The highest BCUT2D eigenvalue weighted by Crippen LogP contribution is 2.24. The van der Waals surface area contributed by atoms with Crippen LogP contribution in [0.4, 0.5) is 4.39 Å². The molecule has 0 aliphatic rings. The van der Waals surface area contributed by atoms with Gasteiger partial charge in [-0.05, 0) is 35.9 Å². The van der Waals surface area contributed by atoms with Gasteiger partial charge >= 0.3 is 0 Å². The number of benzene rings is 2. The summed E-state index contributed by atoms with van der Waals surface area (Å²) in [4.78, 5) is 0. The molecule has 2 aromatic carbocycles. The Bertz CT molecular complexity index is 649. The molecule has 0 atom stereocenters. The van der Waals surface area contributed by atoms with Crippen LogP contribution in [0.1, 0.15) is 19.4 Å². The molecule has 0 spiro atoms. The molecular formula is C19H20ClFO2. The normalized spacial score (nSPS) is 12.3. The quantitative estimate of drug-likeness (QED) is 0.611. The molecule has 2 aromatic rings. The van der Waals surface area contributed by atoms with E-state index in [2.05, 4.69) is 0 Å². The van der Waals surface area contributed by atoms with Crippen LogP contribution in [0.15, 0.2) is 66.0 Å². The largest absolute Gasteiger partial charge is 0.457 e. The second-order valence-corrected chi connectivity index (χ2v) is 6.34. The van der Waals surface area contributed by atoms with Crippen LogP contribution in [-0.2, 0) is 11.3 Å². The first kappa shape index (κ1) is 17.5. The zero-order valence-electron chi connectivity index (χ0n) is 13.3. The van der Waals surface area contributed by atoms with E-state index >= 15 is 0 Å². The maximum absolute atomic E-state index is 12.8. The van der Waals surface area contributed by atoms with E-state index in [4.69, 9.17) is 21.1 Å². The van der Waals surface area contributed by atoms with Gasteiger partial charge in [-0.15, -0.1) is 0 Å². The summed E-state index contributed by atoms with van der Waals surface area (Å²) in [6, 6.07) is 17.3. The van der Waals surface area contributed by atoms with Crippen LogP contribution < -0.4 is 4.74 Å². The van der Waals surface area contributed by atoms with Gasteiger partial charge in [-0.25, -0.2) is 0 Å². The van der Waals surface area contributed by atoms with Crippen LogP contribution in [0.3, 0.4) is 0 Å². The molecule has 0 unspecified atom stereocenters. The van der Waals surface area contributed by atoms with Crippen LogP contribution in [0.5, 0.6) is 11.5 Å². The number of para-hydroxylation sites is 1. The molecule has 0 bridgehead atoms. The summed E-state index contributed by atoms with van der Waals surface area (Å²) in [6.07, 6.45) is 1.35. The summed E-state index contributed by atoms with van der Waals surface area (Å²) in [5.41, 5.74) is 0.536. The predicted molar refractivity (Wildman–Crippen MR) is 91.4 cm³/mol. The van der Waals surface area contributed by atoms with E-state index in [1.54, 1.807) is 0 Å². The van der Waals surface area contributed by atoms with E-state index in [-0.39, 0.29) is 0 Å². The Morgan fingerprint density at radius 1 is 1.09 bits per heavy atom. The summed E-state index contributed by atoms with van der Waals surface area (Å²) in [6.45, 7) is 4.53. The first-order valence-electron chi connectivity index (χ1n) is 7.38. The maximum Gasteiger partial charge on any atom is 0.185 e. The summed E-state index contributed by atoms with van der Waals surface area (Å²) in [5, 5.41) is -0.711. The van der Waals surface area contributed by atoms with Gasteiger partial charge in [0.05, 0.1) is 13.2 Å². The van der Waals surface area contributed by atoms with Gasteiger partial charge in [0.2, 0.25) is 0 Å². The summed E-state index contributed by atoms with van der Waals surface area (Å²) >= 11 is 5.28. The predicted octanol–water partition coefficient (Wildman–Crippen LogP) is 6.07. The molecule has 122 valence electrons. The lowest BCUT2D eigenvalue weighted by atomic mass is 9.95. The van der Waals surface area contributed by atoms with Crippen molar-refractivity contribution in [3.63, 3.8) is 0 Å². The molecule has 0 N–H and O–H groups in total. The topological polar surface area (TPSA) is 18.5 Å². The van der Waals surface area contributed by atoms with Crippen molar-refractivity contribution < 1.29 is 13.9 Å².